The topological polar surface area (TPSA) is 86.1 Å². The Bertz CT molecular complexity index is 932. The molecule has 0 aliphatic carbocycles. The van der Waals surface area contributed by atoms with Gasteiger partial charge in [0.05, 0.1) is 12.8 Å². The van der Waals surface area contributed by atoms with Gasteiger partial charge in [0.25, 0.3) is 0 Å². The lowest BCUT2D eigenvalue weighted by atomic mass is 10.2. The van der Waals surface area contributed by atoms with Crippen LogP contribution < -0.4 is 9.46 Å². The van der Waals surface area contributed by atoms with E-state index in [2.05, 4.69) is 14.8 Å². The molecule has 2 aromatic heterocycles. The number of nitrogens with one attached hydrogen (secondary N) is 1. The summed E-state index contributed by atoms with van der Waals surface area (Å²) in [7, 11) is -1.85. The molecule has 1 aromatic carbocycles. The summed E-state index contributed by atoms with van der Waals surface area (Å²) in [5, 5.41) is 4.87. The molecule has 0 aliphatic rings. The van der Waals surface area contributed by atoms with Gasteiger partial charge in [-0.15, -0.1) is 0 Å². The van der Waals surface area contributed by atoms with E-state index in [1.807, 2.05) is 30.3 Å². The lowest BCUT2D eigenvalue weighted by molar-refractivity contribution is 0.314. The molecule has 0 fully saturated rings. The van der Waals surface area contributed by atoms with E-state index in [9.17, 15) is 8.42 Å². The number of hydrogen-bond donors (Lipinski definition) is 1. The van der Waals surface area contributed by atoms with E-state index in [4.69, 9.17) is 4.74 Å². The van der Waals surface area contributed by atoms with Crippen molar-refractivity contribution in [2.45, 2.75) is 11.3 Å². The van der Waals surface area contributed by atoms with Crippen LogP contribution in [0.15, 0.2) is 53.8 Å². The lowest BCUT2D eigenvalue weighted by Crippen LogP contribution is -2.25. The number of ether oxygens (including phenoxy) is 1. The Morgan fingerprint density at radius 2 is 2.08 bits per heavy atom. The van der Waals surface area contributed by atoms with Gasteiger partial charge in [0, 0.05) is 31.4 Å². The predicted molar refractivity (Wildman–Crippen MR) is 90.3 cm³/mol. The van der Waals surface area contributed by atoms with Crippen molar-refractivity contribution in [3.05, 3.63) is 48.9 Å². The molecule has 8 heteroatoms. The Morgan fingerprint density at radius 3 is 2.88 bits per heavy atom. The molecule has 0 saturated heterocycles. The van der Waals surface area contributed by atoms with Crippen molar-refractivity contribution in [2.75, 3.05) is 13.2 Å². The van der Waals surface area contributed by atoms with E-state index in [1.54, 1.807) is 13.2 Å². The maximum atomic E-state index is 12.0. The lowest BCUT2D eigenvalue weighted by Gasteiger charge is -2.09. The Morgan fingerprint density at radius 1 is 1.25 bits per heavy atom. The van der Waals surface area contributed by atoms with Gasteiger partial charge in [-0.25, -0.2) is 13.1 Å². The molecule has 126 valence electrons. The molecular weight excluding hydrogens is 328 g/mol. The SMILES string of the molecule is Cn1cc(S(=O)(=O)NCCCOc2cccc3cccnc23)cn1. The van der Waals surface area contributed by atoms with Crippen LogP contribution in [0.1, 0.15) is 6.42 Å². The van der Waals surface area contributed by atoms with Crippen LogP contribution in [0.2, 0.25) is 0 Å². The Balaban J connectivity index is 1.52. The highest BCUT2D eigenvalue weighted by Crippen LogP contribution is 2.22. The summed E-state index contributed by atoms with van der Waals surface area (Å²) >= 11 is 0. The minimum Gasteiger partial charge on any atom is -0.491 e. The second-order valence-electron chi connectivity index (χ2n) is 5.28. The van der Waals surface area contributed by atoms with Gasteiger partial charge in [0.15, 0.2) is 0 Å². The van der Waals surface area contributed by atoms with Gasteiger partial charge in [0.1, 0.15) is 16.2 Å². The average Bonchev–Trinajstić information content (AvgIpc) is 3.02. The van der Waals surface area contributed by atoms with Crippen molar-refractivity contribution in [1.82, 2.24) is 19.5 Å². The van der Waals surface area contributed by atoms with Crippen molar-refractivity contribution in [3.63, 3.8) is 0 Å². The molecule has 7 nitrogen and oxygen atoms in total. The summed E-state index contributed by atoms with van der Waals surface area (Å²) in [6, 6.07) is 9.58. The molecule has 2 heterocycles. The van der Waals surface area contributed by atoms with E-state index in [1.165, 1.54) is 17.1 Å². The summed E-state index contributed by atoms with van der Waals surface area (Å²) in [6.07, 6.45) is 5.04. The van der Waals surface area contributed by atoms with Crippen molar-refractivity contribution in [2.24, 2.45) is 7.05 Å². The molecule has 3 aromatic rings. The normalized spacial score (nSPS) is 11.7. The number of fused-ring (bicyclic) bond motifs is 1. The zero-order valence-corrected chi connectivity index (χ0v) is 14.0. The maximum absolute atomic E-state index is 12.0. The van der Waals surface area contributed by atoms with Crippen molar-refractivity contribution >= 4 is 20.9 Å². The molecule has 3 rings (SSSR count). The number of benzene rings is 1. The van der Waals surface area contributed by atoms with Crippen LogP contribution in [-0.2, 0) is 17.1 Å². The number of rotatable bonds is 7. The zero-order valence-electron chi connectivity index (χ0n) is 13.2. The number of sulfonamides is 1. The van der Waals surface area contributed by atoms with Gasteiger partial charge in [-0.3, -0.25) is 9.67 Å². The molecule has 0 atom stereocenters. The molecule has 24 heavy (non-hydrogen) atoms. The van der Waals surface area contributed by atoms with Crippen LogP contribution in [0.3, 0.4) is 0 Å². The minimum atomic E-state index is -3.52. The van der Waals surface area contributed by atoms with Gasteiger partial charge in [-0.2, -0.15) is 5.10 Å². The van der Waals surface area contributed by atoms with E-state index < -0.39 is 10.0 Å². The first-order valence-electron chi connectivity index (χ1n) is 7.51. The standard InChI is InChI=1S/C16H18N4O3S/c1-20-12-14(11-18-20)24(21,22)19-9-4-10-23-15-7-2-5-13-6-3-8-17-16(13)15/h2-3,5-8,11-12,19H,4,9-10H2,1H3. The summed E-state index contributed by atoms with van der Waals surface area (Å²) in [5.74, 6) is 0.697. The predicted octanol–water partition coefficient (Wildman–Crippen LogP) is 1.72. The molecule has 0 aliphatic heterocycles. The smallest absolute Gasteiger partial charge is 0.243 e. The number of para-hydroxylation sites is 1. The Hall–Kier alpha value is -2.45. The highest BCUT2D eigenvalue weighted by molar-refractivity contribution is 7.89. The fraction of sp³-hybridized carbons (Fsp3) is 0.250. The number of nitrogens with zero attached hydrogens (tertiary/aromatic N) is 3. The minimum absolute atomic E-state index is 0.157. The summed E-state index contributed by atoms with van der Waals surface area (Å²) in [6.45, 7) is 0.681. The quantitative estimate of drug-likeness (QED) is 0.658. The highest BCUT2D eigenvalue weighted by Gasteiger charge is 2.15. The maximum Gasteiger partial charge on any atom is 0.243 e. The summed E-state index contributed by atoms with van der Waals surface area (Å²) in [4.78, 5) is 4.47. The van der Waals surface area contributed by atoms with Crippen LogP contribution in [0.4, 0.5) is 0 Å². The fourth-order valence-corrected chi connectivity index (χ4v) is 3.33. The molecule has 0 spiro atoms. The van der Waals surface area contributed by atoms with Gasteiger partial charge in [0.2, 0.25) is 10.0 Å². The number of aryl methyl sites for hydroxylation is 1. The largest absolute Gasteiger partial charge is 0.491 e. The molecule has 0 saturated carbocycles. The van der Waals surface area contributed by atoms with Crippen LogP contribution in [-0.4, -0.2) is 36.3 Å². The molecule has 1 N–H and O–H groups in total. The monoisotopic (exact) mass is 346 g/mol. The van der Waals surface area contributed by atoms with Crippen molar-refractivity contribution < 1.29 is 13.2 Å². The van der Waals surface area contributed by atoms with Crippen molar-refractivity contribution in [3.8, 4) is 5.75 Å². The van der Waals surface area contributed by atoms with Gasteiger partial charge < -0.3 is 4.74 Å². The first-order chi connectivity index (χ1) is 11.6. The third-order valence-electron chi connectivity index (χ3n) is 3.46. The fourth-order valence-electron chi connectivity index (χ4n) is 2.27. The van der Waals surface area contributed by atoms with E-state index in [-0.39, 0.29) is 11.4 Å². The number of aromatic nitrogens is 3. The second kappa shape index (κ2) is 6.98. The van der Waals surface area contributed by atoms with Crippen LogP contribution in [0.5, 0.6) is 5.75 Å². The zero-order chi connectivity index (χ0) is 17.0. The first kappa shape index (κ1) is 16.4. The van der Waals surface area contributed by atoms with Crippen LogP contribution in [0, 0.1) is 0 Å². The summed E-state index contributed by atoms with van der Waals surface area (Å²) in [5.41, 5.74) is 0.802. The van der Waals surface area contributed by atoms with E-state index in [0.29, 0.717) is 18.8 Å². The van der Waals surface area contributed by atoms with Gasteiger partial charge >= 0.3 is 0 Å². The van der Waals surface area contributed by atoms with Crippen LogP contribution >= 0.6 is 0 Å². The Kier molecular flexibility index (Phi) is 4.77. The van der Waals surface area contributed by atoms with E-state index >= 15 is 0 Å². The summed E-state index contributed by atoms with van der Waals surface area (Å²) < 4.78 is 33.8. The molecule has 0 radical (unpaired) electrons. The third-order valence-corrected chi connectivity index (χ3v) is 4.87. The third kappa shape index (κ3) is 3.72. The highest BCUT2D eigenvalue weighted by atomic mass is 32.2. The second-order valence-corrected chi connectivity index (χ2v) is 7.05. The Labute approximate surface area is 140 Å². The molecule has 0 unspecified atom stereocenters. The molecular formula is C16H18N4O3S. The first-order valence-corrected chi connectivity index (χ1v) is 8.99. The van der Waals surface area contributed by atoms with Gasteiger partial charge in [-0.1, -0.05) is 18.2 Å². The van der Waals surface area contributed by atoms with Crippen LogP contribution in [0.25, 0.3) is 10.9 Å². The molecule has 0 amide bonds. The molecule has 0 bridgehead atoms. The van der Waals surface area contributed by atoms with Gasteiger partial charge in [-0.05, 0) is 18.6 Å². The van der Waals surface area contributed by atoms with E-state index in [0.717, 1.165) is 10.9 Å². The number of hydrogen-bond acceptors (Lipinski definition) is 5. The average molecular weight is 346 g/mol. The number of pyridine rings is 1. The van der Waals surface area contributed by atoms with Crippen molar-refractivity contribution in [1.29, 1.82) is 0 Å².